The van der Waals surface area contributed by atoms with Crippen molar-refractivity contribution in [2.75, 3.05) is 13.7 Å². The number of amides is 1. The number of rotatable bonds is 7. The van der Waals surface area contributed by atoms with Crippen molar-refractivity contribution in [2.24, 2.45) is 0 Å². The van der Waals surface area contributed by atoms with Crippen molar-refractivity contribution >= 4 is 6.41 Å². The van der Waals surface area contributed by atoms with Crippen LogP contribution in [-0.4, -0.2) is 20.1 Å². The average molecular weight is 222 g/mol. The lowest BCUT2D eigenvalue weighted by molar-refractivity contribution is -0.109. The largest absolute Gasteiger partial charge is 0.496 e. The lowest BCUT2D eigenvalue weighted by Crippen LogP contribution is -2.14. The molecule has 4 heteroatoms. The fourth-order valence-electron chi connectivity index (χ4n) is 1.50. The Bertz CT molecular complexity index is 340. The molecule has 0 aliphatic carbocycles. The first-order chi connectivity index (χ1) is 7.81. The Kier molecular flexibility index (Phi) is 5.36. The summed E-state index contributed by atoms with van der Waals surface area (Å²) in [5.74, 6) is 0.801. The predicted octanol–water partition coefficient (Wildman–Crippen LogP) is 1.05. The van der Waals surface area contributed by atoms with Crippen molar-refractivity contribution in [1.82, 2.24) is 10.6 Å². The van der Waals surface area contributed by atoms with Crippen LogP contribution in [0.25, 0.3) is 0 Å². The number of nitrogens with one attached hydrogen (secondary N) is 2. The molecule has 0 atom stereocenters. The number of hydrogen-bond donors (Lipinski definition) is 2. The number of carbonyl (C=O) groups is 1. The van der Waals surface area contributed by atoms with E-state index in [9.17, 15) is 4.79 Å². The van der Waals surface area contributed by atoms with E-state index >= 15 is 0 Å². The first-order valence-electron chi connectivity index (χ1n) is 5.35. The van der Waals surface area contributed by atoms with Crippen molar-refractivity contribution in [3.05, 3.63) is 29.3 Å². The first-order valence-corrected chi connectivity index (χ1v) is 5.35. The third kappa shape index (κ3) is 3.55. The molecule has 1 rings (SSSR count). The van der Waals surface area contributed by atoms with E-state index in [0.29, 0.717) is 13.0 Å². The molecular weight excluding hydrogens is 204 g/mol. The minimum atomic E-state index is 0.493. The second-order valence-corrected chi connectivity index (χ2v) is 3.43. The number of ether oxygens (including phenoxy) is 1. The lowest BCUT2D eigenvalue weighted by Gasteiger charge is -2.10. The van der Waals surface area contributed by atoms with Crippen LogP contribution in [0.1, 0.15) is 18.1 Å². The van der Waals surface area contributed by atoms with Crippen molar-refractivity contribution in [3.63, 3.8) is 0 Å². The molecule has 0 saturated carbocycles. The van der Waals surface area contributed by atoms with E-state index in [-0.39, 0.29) is 0 Å². The van der Waals surface area contributed by atoms with Gasteiger partial charge in [0, 0.05) is 18.7 Å². The van der Waals surface area contributed by atoms with E-state index in [1.54, 1.807) is 7.11 Å². The topological polar surface area (TPSA) is 50.4 Å². The lowest BCUT2D eigenvalue weighted by atomic mass is 10.1. The highest BCUT2D eigenvalue weighted by Gasteiger charge is 2.03. The van der Waals surface area contributed by atoms with E-state index in [4.69, 9.17) is 4.74 Å². The first kappa shape index (κ1) is 12.5. The minimum absolute atomic E-state index is 0.493. The molecule has 16 heavy (non-hydrogen) atoms. The van der Waals surface area contributed by atoms with E-state index < -0.39 is 0 Å². The molecule has 1 aromatic carbocycles. The molecule has 0 unspecified atom stereocenters. The van der Waals surface area contributed by atoms with Gasteiger partial charge in [-0.3, -0.25) is 4.79 Å². The normalized spacial score (nSPS) is 9.88. The van der Waals surface area contributed by atoms with Gasteiger partial charge in [0.05, 0.1) is 7.11 Å². The Morgan fingerprint density at radius 2 is 2.19 bits per heavy atom. The number of carbonyl (C=O) groups excluding carboxylic acids is 1. The van der Waals surface area contributed by atoms with Gasteiger partial charge in [-0.2, -0.15) is 0 Å². The zero-order valence-corrected chi connectivity index (χ0v) is 9.75. The van der Waals surface area contributed by atoms with Crippen LogP contribution in [0.3, 0.4) is 0 Å². The average Bonchev–Trinajstić information content (AvgIpc) is 2.33. The molecule has 0 aliphatic heterocycles. The molecule has 0 fully saturated rings. The second kappa shape index (κ2) is 6.85. The van der Waals surface area contributed by atoms with E-state index in [2.05, 4.69) is 17.6 Å². The predicted molar refractivity (Wildman–Crippen MR) is 63.3 cm³/mol. The highest BCUT2D eigenvalue weighted by Crippen LogP contribution is 2.19. The van der Waals surface area contributed by atoms with Gasteiger partial charge in [0.25, 0.3) is 0 Å². The van der Waals surface area contributed by atoms with Gasteiger partial charge >= 0.3 is 0 Å². The third-order valence-electron chi connectivity index (χ3n) is 2.30. The second-order valence-electron chi connectivity index (χ2n) is 3.43. The summed E-state index contributed by atoms with van der Waals surface area (Å²) in [7, 11) is 1.63. The molecule has 0 aromatic heterocycles. The molecule has 0 saturated heterocycles. The maximum absolute atomic E-state index is 10.3. The summed E-state index contributed by atoms with van der Waals surface area (Å²) in [6.07, 6.45) is 0.691. The number of benzene rings is 1. The number of methoxy groups -OCH3 is 1. The van der Waals surface area contributed by atoms with Crippen LogP contribution in [0.4, 0.5) is 0 Å². The molecule has 4 nitrogen and oxygen atoms in total. The fourth-order valence-corrected chi connectivity index (χ4v) is 1.50. The maximum Gasteiger partial charge on any atom is 0.207 e. The van der Waals surface area contributed by atoms with Crippen LogP contribution in [0.5, 0.6) is 5.75 Å². The summed E-state index contributed by atoms with van der Waals surface area (Å²) >= 11 is 0. The summed E-state index contributed by atoms with van der Waals surface area (Å²) in [6, 6.07) is 5.98. The van der Waals surface area contributed by atoms with Crippen molar-refractivity contribution in [1.29, 1.82) is 0 Å². The molecule has 2 N–H and O–H groups in total. The van der Waals surface area contributed by atoms with Crippen LogP contribution in [0.2, 0.25) is 0 Å². The molecule has 1 amide bonds. The minimum Gasteiger partial charge on any atom is -0.496 e. The van der Waals surface area contributed by atoms with Gasteiger partial charge in [-0.05, 0) is 24.2 Å². The monoisotopic (exact) mass is 222 g/mol. The van der Waals surface area contributed by atoms with Gasteiger partial charge in [-0.25, -0.2) is 0 Å². The molecule has 0 radical (unpaired) electrons. The van der Waals surface area contributed by atoms with Crippen LogP contribution in [0.15, 0.2) is 18.2 Å². The van der Waals surface area contributed by atoms with E-state index in [0.717, 1.165) is 24.4 Å². The third-order valence-corrected chi connectivity index (χ3v) is 2.30. The van der Waals surface area contributed by atoms with Crippen molar-refractivity contribution in [2.45, 2.75) is 20.0 Å². The maximum atomic E-state index is 10.3. The summed E-state index contributed by atoms with van der Waals surface area (Å²) in [6.45, 7) is 4.33. The SMILES string of the molecule is CCNCc1ccc(OC)c(CNC=O)c1. The molecule has 0 bridgehead atoms. The molecule has 88 valence electrons. The van der Waals surface area contributed by atoms with Gasteiger partial charge in [0.1, 0.15) is 5.75 Å². The van der Waals surface area contributed by atoms with Crippen molar-refractivity contribution < 1.29 is 9.53 Å². The van der Waals surface area contributed by atoms with Gasteiger partial charge in [0.2, 0.25) is 6.41 Å². The quantitative estimate of drug-likeness (QED) is 0.678. The Hall–Kier alpha value is -1.55. The Balaban J connectivity index is 2.78. The van der Waals surface area contributed by atoms with Crippen molar-refractivity contribution in [3.8, 4) is 5.75 Å². The van der Waals surface area contributed by atoms with E-state index in [1.807, 2.05) is 18.2 Å². The highest BCUT2D eigenvalue weighted by atomic mass is 16.5. The zero-order chi connectivity index (χ0) is 11.8. The van der Waals surface area contributed by atoms with Crippen LogP contribution in [0, 0.1) is 0 Å². The molecule has 1 aromatic rings. The van der Waals surface area contributed by atoms with Crippen LogP contribution >= 0.6 is 0 Å². The Morgan fingerprint density at radius 3 is 2.81 bits per heavy atom. The summed E-state index contributed by atoms with van der Waals surface area (Å²) in [5.41, 5.74) is 2.18. The van der Waals surface area contributed by atoms with Gasteiger partial charge in [-0.1, -0.05) is 13.0 Å². The fraction of sp³-hybridized carbons (Fsp3) is 0.417. The molecule has 0 heterocycles. The molecular formula is C12H18N2O2. The van der Waals surface area contributed by atoms with Gasteiger partial charge < -0.3 is 15.4 Å². The summed E-state index contributed by atoms with van der Waals surface area (Å²) in [5, 5.41) is 5.90. The number of hydrogen-bond acceptors (Lipinski definition) is 3. The smallest absolute Gasteiger partial charge is 0.207 e. The zero-order valence-electron chi connectivity index (χ0n) is 9.75. The molecule has 0 aliphatic rings. The van der Waals surface area contributed by atoms with Gasteiger partial charge in [-0.15, -0.1) is 0 Å². The summed E-state index contributed by atoms with van der Waals surface area (Å²) < 4.78 is 5.23. The highest BCUT2D eigenvalue weighted by molar-refractivity contribution is 5.47. The van der Waals surface area contributed by atoms with Crippen LogP contribution in [-0.2, 0) is 17.9 Å². The Morgan fingerprint density at radius 1 is 1.38 bits per heavy atom. The Labute approximate surface area is 96.0 Å². The van der Waals surface area contributed by atoms with Gasteiger partial charge in [0.15, 0.2) is 0 Å². The van der Waals surface area contributed by atoms with E-state index in [1.165, 1.54) is 5.56 Å². The molecule has 0 spiro atoms. The van der Waals surface area contributed by atoms with Crippen LogP contribution < -0.4 is 15.4 Å². The standard InChI is InChI=1S/C12H18N2O2/c1-3-13-7-10-4-5-12(16-2)11(6-10)8-14-9-15/h4-6,9,13H,3,7-8H2,1-2H3,(H,14,15). The summed E-state index contributed by atoms with van der Waals surface area (Å²) in [4.78, 5) is 10.3.